The van der Waals surface area contributed by atoms with Gasteiger partial charge in [0.2, 0.25) is 0 Å². The van der Waals surface area contributed by atoms with Gasteiger partial charge in [0, 0.05) is 30.7 Å². The van der Waals surface area contributed by atoms with Gasteiger partial charge in [-0.05, 0) is 68.6 Å². The van der Waals surface area contributed by atoms with Crippen LogP contribution in [-0.2, 0) is 6.42 Å². The molecule has 3 aromatic rings. The molecule has 1 aliphatic heterocycles. The van der Waals surface area contributed by atoms with Crippen molar-refractivity contribution in [3.05, 3.63) is 89.3 Å². The predicted octanol–water partition coefficient (Wildman–Crippen LogP) is 4.67. The van der Waals surface area contributed by atoms with E-state index in [0.29, 0.717) is 12.1 Å². The van der Waals surface area contributed by atoms with E-state index in [1.165, 1.54) is 23.2 Å². The minimum absolute atomic E-state index is 0.332. The Morgan fingerprint density at radius 2 is 1.85 bits per heavy atom. The Balaban J connectivity index is 1.57. The fourth-order valence-corrected chi connectivity index (χ4v) is 4.16. The van der Waals surface area contributed by atoms with Crippen LogP contribution in [0.2, 0.25) is 0 Å². The molecule has 1 saturated heterocycles. The second-order valence-electron chi connectivity index (χ2n) is 7.43. The Bertz CT molecular complexity index is 894. The average molecular weight is 358 g/mol. The number of aromatic nitrogens is 3. The van der Waals surface area contributed by atoms with Gasteiger partial charge in [0.25, 0.3) is 0 Å². The fourth-order valence-electron chi connectivity index (χ4n) is 4.16. The highest BCUT2D eigenvalue weighted by Gasteiger charge is 2.31. The number of hydrogen-bond donors (Lipinski definition) is 0. The molecule has 4 nitrogen and oxygen atoms in total. The van der Waals surface area contributed by atoms with Gasteiger partial charge in [-0.2, -0.15) is 0 Å². The van der Waals surface area contributed by atoms with Crippen LogP contribution in [0.1, 0.15) is 59.6 Å². The normalized spacial score (nSPS) is 20.5. The van der Waals surface area contributed by atoms with E-state index in [9.17, 15) is 0 Å². The Morgan fingerprint density at radius 1 is 1.00 bits per heavy atom. The fraction of sp³-hybridized carbons (Fsp3) is 0.348. The third-order valence-electron chi connectivity index (χ3n) is 5.58. The Hall–Kier alpha value is -2.59. The summed E-state index contributed by atoms with van der Waals surface area (Å²) in [5, 5.41) is 0. The van der Waals surface area contributed by atoms with E-state index in [0.717, 1.165) is 30.7 Å². The largest absolute Gasteiger partial charge is 0.289 e. The van der Waals surface area contributed by atoms with Gasteiger partial charge in [0.15, 0.2) is 0 Å². The number of hydrogen-bond acceptors (Lipinski definition) is 4. The zero-order valence-corrected chi connectivity index (χ0v) is 16.0. The van der Waals surface area contributed by atoms with Crippen LogP contribution in [0.15, 0.2) is 61.1 Å². The first kappa shape index (κ1) is 17.8. The van der Waals surface area contributed by atoms with Crippen molar-refractivity contribution in [3.63, 3.8) is 0 Å². The van der Waals surface area contributed by atoms with Gasteiger partial charge in [0.1, 0.15) is 0 Å². The van der Waals surface area contributed by atoms with Gasteiger partial charge in [-0.25, -0.2) is 0 Å². The van der Waals surface area contributed by atoms with Gasteiger partial charge in [-0.3, -0.25) is 19.9 Å². The summed E-state index contributed by atoms with van der Waals surface area (Å²) < 4.78 is 0. The highest BCUT2D eigenvalue weighted by molar-refractivity contribution is 5.24. The van der Waals surface area contributed by atoms with Crippen molar-refractivity contribution >= 4 is 0 Å². The van der Waals surface area contributed by atoms with E-state index >= 15 is 0 Å². The molecule has 27 heavy (non-hydrogen) atoms. The van der Waals surface area contributed by atoms with Crippen LogP contribution < -0.4 is 0 Å². The molecular weight excluding hydrogens is 332 g/mol. The first-order chi connectivity index (χ1) is 13.2. The maximum absolute atomic E-state index is 5.00. The molecule has 4 heteroatoms. The van der Waals surface area contributed by atoms with Crippen LogP contribution >= 0.6 is 0 Å². The van der Waals surface area contributed by atoms with Gasteiger partial charge >= 0.3 is 0 Å². The lowest BCUT2D eigenvalue weighted by molar-refractivity contribution is 0.109. The zero-order chi connectivity index (χ0) is 18.6. The van der Waals surface area contributed by atoms with Crippen molar-refractivity contribution in [1.29, 1.82) is 0 Å². The van der Waals surface area contributed by atoms with Crippen molar-refractivity contribution in [2.45, 2.75) is 44.7 Å². The van der Waals surface area contributed by atoms with Gasteiger partial charge in [-0.1, -0.05) is 18.2 Å². The smallest absolute Gasteiger partial charge is 0.0604 e. The summed E-state index contributed by atoms with van der Waals surface area (Å²) in [5.41, 5.74) is 5.94. The number of pyridine rings is 3. The Labute approximate surface area is 161 Å². The highest BCUT2D eigenvalue weighted by atomic mass is 15.2. The lowest BCUT2D eigenvalue weighted by Gasteiger charge is -2.39. The standard InChI is InChI=1S/C23H26N4/c1-17-7-5-14-25-23(17)22-12-4-11-21(27(22)2)20-10-3-9-19(26-20)15-18-8-6-13-24-16-18/h3,5-10,13-14,16,21-22H,4,11-12,15H2,1-2H3/t21-,22+/m1/s1. The number of piperidine rings is 1. The van der Waals surface area contributed by atoms with Gasteiger partial charge in [-0.15, -0.1) is 0 Å². The van der Waals surface area contributed by atoms with Crippen LogP contribution in [-0.4, -0.2) is 26.9 Å². The predicted molar refractivity (Wildman–Crippen MR) is 107 cm³/mol. The van der Waals surface area contributed by atoms with E-state index < -0.39 is 0 Å². The zero-order valence-electron chi connectivity index (χ0n) is 16.0. The maximum atomic E-state index is 5.00. The minimum Gasteiger partial charge on any atom is -0.289 e. The number of rotatable bonds is 4. The molecule has 0 bridgehead atoms. The monoisotopic (exact) mass is 358 g/mol. The minimum atomic E-state index is 0.332. The van der Waals surface area contributed by atoms with Crippen molar-refractivity contribution in [1.82, 2.24) is 19.9 Å². The number of likely N-dealkylation sites (tertiary alicyclic amines) is 1. The van der Waals surface area contributed by atoms with Crippen molar-refractivity contribution in [3.8, 4) is 0 Å². The number of nitrogens with zero attached hydrogens (tertiary/aromatic N) is 4. The van der Waals surface area contributed by atoms with Crippen LogP contribution in [0.3, 0.4) is 0 Å². The molecule has 138 valence electrons. The van der Waals surface area contributed by atoms with Gasteiger partial charge < -0.3 is 0 Å². The topological polar surface area (TPSA) is 41.9 Å². The van der Waals surface area contributed by atoms with Crippen molar-refractivity contribution < 1.29 is 0 Å². The first-order valence-corrected chi connectivity index (χ1v) is 9.70. The molecule has 0 N–H and O–H groups in total. The second-order valence-corrected chi connectivity index (χ2v) is 7.43. The molecule has 0 amide bonds. The van der Waals surface area contributed by atoms with E-state index in [-0.39, 0.29) is 0 Å². The molecule has 1 fully saturated rings. The second kappa shape index (κ2) is 7.97. The summed E-state index contributed by atoms with van der Waals surface area (Å²) in [6, 6.07) is 15.4. The molecule has 3 aromatic heterocycles. The van der Waals surface area contributed by atoms with Crippen molar-refractivity contribution in [2.24, 2.45) is 0 Å². The summed E-state index contributed by atoms with van der Waals surface area (Å²) in [6.07, 6.45) is 9.95. The molecule has 0 unspecified atom stereocenters. The molecule has 0 aliphatic carbocycles. The molecule has 2 atom stereocenters. The SMILES string of the molecule is Cc1cccnc1[C@@H]1CCC[C@H](c2cccc(Cc3cccnc3)n2)N1C. The van der Waals surface area contributed by atoms with Crippen LogP contribution in [0.5, 0.6) is 0 Å². The summed E-state index contributed by atoms with van der Waals surface area (Å²) in [6.45, 7) is 2.16. The lowest BCUT2D eigenvalue weighted by atomic mass is 9.90. The first-order valence-electron chi connectivity index (χ1n) is 9.70. The Kier molecular flexibility index (Phi) is 5.26. The van der Waals surface area contributed by atoms with Crippen molar-refractivity contribution in [2.75, 3.05) is 7.05 Å². The summed E-state index contributed by atoms with van der Waals surface area (Å²) in [4.78, 5) is 16.4. The van der Waals surface area contributed by atoms with E-state index in [2.05, 4.69) is 59.2 Å². The maximum Gasteiger partial charge on any atom is 0.0604 e. The molecule has 0 spiro atoms. The lowest BCUT2D eigenvalue weighted by Crippen LogP contribution is -2.34. The molecule has 0 saturated carbocycles. The third kappa shape index (κ3) is 3.91. The van der Waals surface area contributed by atoms with Crippen LogP contribution in [0, 0.1) is 6.92 Å². The molecule has 4 heterocycles. The summed E-state index contributed by atoms with van der Waals surface area (Å²) in [7, 11) is 2.22. The van der Waals surface area contributed by atoms with Gasteiger partial charge in [0.05, 0.1) is 23.5 Å². The van der Waals surface area contributed by atoms with E-state index in [1.54, 1.807) is 0 Å². The quantitative estimate of drug-likeness (QED) is 0.680. The molecule has 0 aromatic carbocycles. The summed E-state index contributed by atoms with van der Waals surface area (Å²) in [5.74, 6) is 0. The van der Waals surface area contributed by atoms with E-state index in [1.807, 2.05) is 30.7 Å². The summed E-state index contributed by atoms with van der Waals surface area (Å²) >= 11 is 0. The Morgan fingerprint density at radius 3 is 2.67 bits per heavy atom. The molecular formula is C23H26N4. The third-order valence-corrected chi connectivity index (χ3v) is 5.58. The van der Waals surface area contributed by atoms with E-state index in [4.69, 9.17) is 4.98 Å². The molecule has 1 aliphatic rings. The van der Waals surface area contributed by atoms with Crippen LogP contribution in [0.4, 0.5) is 0 Å². The molecule has 4 rings (SSSR count). The van der Waals surface area contributed by atoms with Crippen LogP contribution in [0.25, 0.3) is 0 Å². The number of aryl methyl sites for hydroxylation is 1. The average Bonchev–Trinajstić information content (AvgIpc) is 2.70. The molecule has 0 radical (unpaired) electrons. The highest BCUT2D eigenvalue weighted by Crippen LogP contribution is 2.39.